The molecule has 1 unspecified atom stereocenters. The number of hydrogen-bond donors (Lipinski definition) is 0. The summed E-state index contributed by atoms with van der Waals surface area (Å²) in [6.07, 6.45) is -0.526. The molecule has 0 saturated carbocycles. The molecule has 1 atom stereocenters. The van der Waals surface area contributed by atoms with E-state index < -0.39 is 43.1 Å². The van der Waals surface area contributed by atoms with Crippen LogP contribution in [-0.2, 0) is 42.9 Å². The van der Waals surface area contributed by atoms with Crippen LogP contribution in [-0.4, -0.2) is 44.6 Å². The molecule has 0 aliphatic rings. The quantitative estimate of drug-likeness (QED) is 0.216. The lowest BCUT2D eigenvalue weighted by Gasteiger charge is -2.18. The fourth-order valence-corrected chi connectivity index (χ4v) is 6.13. The fraction of sp³-hybridized carbons (Fsp3) is 0.250. The van der Waals surface area contributed by atoms with Crippen LogP contribution in [0.1, 0.15) is 19.3 Å². The van der Waals surface area contributed by atoms with Crippen molar-refractivity contribution in [1.29, 1.82) is 0 Å². The summed E-state index contributed by atoms with van der Waals surface area (Å²) in [5.41, 5.74) is 0. The minimum atomic E-state index is -4.20. The summed E-state index contributed by atoms with van der Waals surface area (Å²) in [5.74, 6) is 0. The number of benzene rings is 3. The summed E-state index contributed by atoms with van der Waals surface area (Å²) in [5, 5.41) is 0. The van der Waals surface area contributed by atoms with E-state index in [1.54, 1.807) is 30.3 Å². The summed E-state index contributed by atoms with van der Waals surface area (Å²) in [4.78, 5) is -0.132. The van der Waals surface area contributed by atoms with Gasteiger partial charge < -0.3 is 0 Å². The molecule has 0 N–H and O–H groups in total. The van der Waals surface area contributed by atoms with E-state index in [-0.39, 0.29) is 40.6 Å². The molecule has 0 aliphatic heterocycles. The molecule has 3 aromatic carbocycles. The lowest BCUT2D eigenvalue weighted by atomic mass is 10.2. The highest BCUT2D eigenvalue weighted by Crippen LogP contribution is 2.20. The molecular formula is C24H26O9S3. The smallest absolute Gasteiger partial charge is 0.266 e. The molecule has 0 amide bonds. The molecule has 9 nitrogen and oxygen atoms in total. The Morgan fingerprint density at radius 2 is 0.944 bits per heavy atom. The number of unbranched alkanes of at least 4 members (excludes halogenated alkanes) is 1. The molecule has 0 fully saturated rings. The summed E-state index contributed by atoms with van der Waals surface area (Å²) >= 11 is 0. The molecule has 0 aliphatic carbocycles. The average molecular weight is 555 g/mol. The molecule has 194 valence electrons. The van der Waals surface area contributed by atoms with Crippen molar-refractivity contribution in [2.24, 2.45) is 0 Å². The second kappa shape index (κ2) is 12.6. The van der Waals surface area contributed by atoms with Gasteiger partial charge in [0.25, 0.3) is 30.4 Å². The number of hydrogen-bond acceptors (Lipinski definition) is 9. The molecule has 12 heteroatoms. The highest BCUT2D eigenvalue weighted by molar-refractivity contribution is 7.87. The zero-order chi connectivity index (χ0) is 26.1. The van der Waals surface area contributed by atoms with Gasteiger partial charge in [0.1, 0.15) is 6.10 Å². The predicted molar refractivity (Wildman–Crippen MR) is 132 cm³/mol. The third kappa shape index (κ3) is 8.22. The van der Waals surface area contributed by atoms with Crippen molar-refractivity contribution in [3.63, 3.8) is 0 Å². The largest absolute Gasteiger partial charge is 0.297 e. The summed E-state index contributed by atoms with van der Waals surface area (Å²) in [6, 6.07) is 22.5. The average Bonchev–Trinajstić information content (AvgIpc) is 2.88. The van der Waals surface area contributed by atoms with E-state index >= 15 is 0 Å². The summed E-state index contributed by atoms with van der Waals surface area (Å²) in [7, 11) is -12.3. The third-order valence-electron chi connectivity index (χ3n) is 4.93. The summed E-state index contributed by atoms with van der Waals surface area (Å²) < 4.78 is 90.1. The van der Waals surface area contributed by atoms with E-state index in [4.69, 9.17) is 12.5 Å². The molecule has 0 saturated heterocycles. The standard InChI is InChI=1S/C24H26O9S3/c25-34(26,22-13-4-1-5-14-22)31-19-11-10-12-21(33-36(29,30)24-17-8-3-9-18-24)20-32-35(27,28)23-15-6-2-7-16-23/h1-9,13-18,21H,10-12,19-20H2. The molecular weight excluding hydrogens is 528 g/mol. The molecule has 0 aromatic heterocycles. The van der Waals surface area contributed by atoms with Crippen molar-refractivity contribution in [3.05, 3.63) is 91.0 Å². The van der Waals surface area contributed by atoms with Crippen LogP contribution in [0.2, 0.25) is 0 Å². The Morgan fingerprint density at radius 3 is 1.42 bits per heavy atom. The van der Waals surface area contributed by atoms with Crippen LogP contribution in [0.5, 0.6) is 0 Å². The molecule has 36 heavy (non-hydrogen) atoms. The lowest BCUT2D eigenvalue weighted by Crippen LogP contribution is -2.26. The van der Waals surface area contributed by atoms with Crippen molar-refractivity contribution in [2.45, 2.75) is 40.1 Å². The molecule has 0 radical (unpaired) electrons. The predicted octanol–water partition coefficient (Wildman–Crippen LogP) is 3.74. The van der Waals surface area contributed by atoms with Crippen LogP contribution in [0.4, 0.5) is 0 Å². The minimum Gasteiger partial charge on any atom is -0.266 e. The maximum atomic E-state index is 12.7. The van der Waals surface area contributed by atoms with Gasteiger partial charge >= 0.3 is 0 Å². The maximum absolute atomic E-state index is 12.7. The van der Waals surface area contributed by atoms with Crippen LogP contribution in [0, 0.1) is 0 Å². The SMILES string of the molecule is O=S(=O)(OCCCCC(COS(=O)(=O)c1ccccc1)OS(=O)(=O)c1ccccc1)c1ccccc1. The molecule has 3 rings (SSSR count). The summed E-state index contributed by atoms with van der Waals surface area (Å²) in [6.45, 7) is -0.689. The number of rotatable bonds is 14. The third-order valence-corrected chi connectivity index (χ3v) is 8.92. The van der Waals surface area contributed by atoms with Crippen molar-refractivity contribution in [1.82, 2.24) is 0 Å². The van der Waals surface area contributed by atoms with Crippen LogP contribution in [0.15, 0.2) is 106 Å². The van der Waals surface area contributed by atoms with Crippen molar-refractivity contribution < 1.29 is 37.8 Å². The van der Waals surface area contributed by atoms with Gasteiger partial charge in [0.05, 0.1) is 27.9 Å². The minimum absolute atomic E-state index is 0.0275. The lowest BCUT2D eigenvalue weighted by molar-refractivity contribution is 0.126. The second-order valence-corrected chi connectivity index (χ2v) is 12.4. The van der Waals surface area contributed by atoms with E-state index in [2.05, 4.69) is 0 Å². The van der Waals surface area contributed by atoms with E-state index in [0.717, 1.165) is 0 Å². The van der Waals surface area contributed by atoms with Gasteiger partial charge in [0, 0.05) is 0 Å². The van der Waals surface area contributed by atoms with E-state index in [9.17, 15) is 25.3 Å². The van der Waals surface area contributed by atoms with Crippen LogP contribution in [0.25, 0.3) is 0 Å². The molecule has 0 heterocycles. The zero-order valence-electron chi connectivity index (χ0n) is 19.2. The Balaban J connectivity index is 1.62. The monoisotopic (exact) mass is 554 g/mol. The van der Waals surface area contributed by atoms with Gasteiger partial charge in [-0.1, -0.05) is 54.6 Å². The molecule has 3 aromatic rings. The van der Waals surface area contributed by atoms with Crippen LogP contribution in [0.3, 0.4) is 0 Å². The van der Waals surface area contributed by atoms with Crippen LogP contribution >= 0.6 is 0 Å². The Bertz CT molecular complexity index is 1410. The highest BCUT2D eigenvalue weighted by atomic mass is 32.2. The highest BCUT2D eigenvalue weighted by Gasteiger charge is 2.25. The maximum Gasteiger partial charge on any atom is 0.297 e. The van der Waals surface area contributed by atoms with Gasteiger partial charge in [0.15, 0.2) is 0 Å². The van der Waals surface area contributed by atoms with Crippen LogP contribution < -0.4 is 0 Å². The molecule has 0 bridgehead atoms. The van der Waals surface area contributed by atoms with Gasteiger partial charge in [-0.25, -0.2) is 0 Å². The van der Waals surface area contributed by atoms with Crippen molar-refractivity contribution in [2.75, 3.05) is 13.2 Å². The first-order valence-corrected chi connectivity index (χ1v) is 15.2. The van der Waals surface area contributed by atoms with Crippen molar-refractivity contribution in [3.8, 4) is 0 Å². The first-order valence-electron chi connectivity index (χ1n) is 11.0. The van der Waals surface area contributed by atoms with Gasteiger partial charge in [-0.05, 0) is 55.7 Å². The molecule has 0 spiro atoms. The first-order chi connectivity index (χ1) is 17.1. The van der Waals surface area contributed by atoms with Crippen molar-refractivity contribution >= 4 is 30.4 Å². The van der Waals surface area contributed by atoms with Gasteiger partial charge in [-0.3, -0.25) is 12.5 Å². The van der Waals surface area contributed by atoms with E-state index in [0.29, 0.717) is 0 Å². The Labute approximate surface area is 212 Å². The van der Waals surface area contributed by atoms with Gasteiger partial charge in [0.2, 0.25) is 0 Å². The Kier molecular flexibility index (Phi) is 9.77. The zero-order valence-corrected chi connectivity index (χ0v) is 21.6. The van der Waals surface area contributed by atoms with Gasteiger partial charge in [-0.15, -0.1) is 0 Å². The topological polar surface area (TPSA) is 130 Å². The first kappa shape index (κ1) is 28.0. The normalized spacial score (nSPS) is 13.3. The Morgan fingerprint density at radius 1 is 0.528 bits per heavy atom. The van der Waals surface area contributed by atoms with E-state index in [1.807, 2.05) is 0 Å². The van der Waals surface area contributed by atoms with E-state index in [1.165, 1.54) is 60.7 Å². The van der Waals surface area contributed by atoms with Gasteiger partial charge in [-0.2, -0.15) is 25.3 Å². The Hall–Kier alpha value is -2.61. The second-order valence-electron chi connectivity index (χ2n) is 7.62. The fourth-order valence-electron chi connectivity index (χ4n) is 3.10.